The van der Waals surface area contributed by atoms with Crippen LogP contribution in [-0.2, 0) is 4.74 Å². The number of carbonyl (C=O) groups is 1. The van der Waals surface area contributed by atoms with Crippen LogP contribution in [0.1, 0.15) is 34.6 Å². The number of hydrogen-bond acceptors (Lipinski definition) is 3. The largest absolute Gasteiger partial charge is 0.444 e. The highest BCUT2D eigenvalue weighted by atomic mass is 16.6. The molecule has 1 heterocycles. The van der Waals surface area contributed by atoms with Crippen molar-refractivity contribution in [3.8, 4) is 0 Å². The van der Waals surface area contributed by atoms with Gasteiger partial charge in [-0.1, -0.05) is 13.8 Å². The van der Waals surface area contributed by atoms with Crippen molar-refractivity contribution in [1.29, 1.82) is 0 Å². The highest BCUT2D eigenvalue weighted by Crippen LogP contribution is 2.24. The molecular weight excluding hydrogens is 192 g/mol. The third kappa shape index (κ3) is 3.70. The lowest BCUT2D eigenvalue weighted by Gasteiger charge is -2.28. The fourth-order valence-corrected chi connectivity index (χ4v) is 1.63. The lowest BCUT2D eigenvalue weighted by atomic mass is 9.88. The molecule has 1 aliphatic heterocycles. The number of nitrogens with one attached hydrogen (secondary N) is 2. The average molecular weight is 214 g/mol. The maximum absolute atomic E-state index is 11.5. The van der Waals surface area contributed by atoms with Gasteiger partial charge in [0.05, 0.1) is 6.04 Å². The molecule has 0 spiro atoms. The molecule has 4 nitrogen and oxygen atoms in total. The number of rotatable bonds is 1. The van der Waals surface area contributed by atoms with Gasteiger partial charge in [0.25, 0.3) is 0 Å². The summed E-state index contributed by atoms with van der Waals surface area (Å²) in [6.07, 6.45) is -0.329. The van der Waals surface area contributed by atoms with Crippen LogP contribution < -0.4 is 10.6 Å². The van der Waals surface area contributed by atoms with Gasteiger partial charge >= 0.3 is 6.09 Å². The first-order valence-corrected chi connectivity index (χ1v) is 5.41. The molecule has 0 bridgehead atoms. The summed E-state index contributed by atoms with van der Waals surface area (Å²) < 4.78 is 5.22. The van der Waals surface area contributed by atoms with E-state index >= 15 is 0 Å². The highest BCUT2D eigenvalue weighted by molar-refractivity contribution is 5.68. The van der Waals surface area contributed by atoms with Crippen LogP contribution in [0.2, 0.25) is 0 Å². The van der Waals surface area contributed by atoms with E-state index in [2.05, 4.69) is 24.5 Å². The molecule has 1 rings (SSSR count). The maximum Gasteiger partial charge on any atom is 0.407 e. The lowest BCUT2D eigenvalue weighted by molar-refractivity contribution is 0.0480. The van der Waals surface area contributed by atoms with E-state index in [0.29, 0.717) is 0 Å². The molecule has 0 saturated carbocycles. The summed E-state index contributed by atoms with van der Waals surface area (Å²) in [5, 5.41) is 6.16. The Balaban J connectivity index is 2.45. The summed E-state index contributed by atoms with van der Waals surface area (Å²) in [6, 6.07) is 0.146. The quantitative estimate of drug-likeness (QED) is 0.695. The number of ether oxygens (including phenoxy) is 1. The Morgan fingerprint density at radius 3 is 2.47 bits per heavy atom. The molecule has 1 atom stereocenters. The zero-order chi connectivity index (χ0) is 11.7. The van der Waals surface area contributed by atoms with E-state index in [1.54, 1.807) is 0 Å². The topological polar surface area (TPSA) is 50.4 Å². The van der Waals surface area contributed by atoms with E-state index in [1.807, 2.05) is 20.8 Å². The van der Waals surface area contributed by atoms with Crippen molar-refractivity contribution in [2.75, 3.05) is 13.1 Å². The van der Waals surface area contributed by atoms with Gasteiger partial charge in [0.2, 0.25) is 0 Å². The van der Waals surface area contributed by atoms with Gasteiger partial charge < -0.3 is 15.4 Å². The van der Waals surface area contributed by atoms with Crippen molar-refractivity contribution < 1.29 is 9.53 Å². The standard InChI is InChI=1S/C11H22N2O2/c1-10(2,3)15-9(14)13-8-6-12-7-11(8,4)5/h8,12H,6-7H2,1-5H3,(H,13,14)/t8-/m0/s1. The second-order valence-electron chi connectivity index (χ2n) is 5.82. The number of amides is 1. The van der Waals surface area contributed by atoms with Crippen LogP contribution >= 0.6 is 0 Å². The SMILES string of the molecule is CC(C)(C)OC(=O)N[C@H]1CNCC1(C)C. The second-order valence-corrected chi connectivity index (χ2v) is 5.82. The number of alkyl carbamates (subject to hydrolysis) is 1. The van der Waals surface area contributed by atoms with E-state index in [0.717, 1.165) is 13.1 Å². The zero-order valence-corrected chi connectivity index (χ0v) is 10.3. The Bertz CT molecular complexity index is 243. The van der Waals surface area contributed by atoms with Crippen molar-refractivity contribution in [3.05, 3.63) is 0 Å². The molecule has 88 valence electrons. The third-order valence-corrected chi connectivity index (χ3v) is 2.56. The van der Waals surface area contributed by atoms with E-state index in [4.69, 9.17) is 4.74 Å². The third-order valence-electron chi connectivity index (χ3n) is 2.56. The van der Waals surface area contributed by atoms with Gasteiger partial charge in [0.1, 0.15) is 5.60 Å². The molecule has 0 unspecified atom stereocenters. The summed E-state index contributed by atoms with van der Waals surface area (Å²) in [7, 11) is 0. The molecule has 1 saturated heterocycles. The first-order valence-electron chi connectivity index (χ1n) is 5.41. The van der Waals surface area contributed by atoms with Crippen LogP contribution in [0.25, 0.3) is 0 Å². The van der Waals surface area contributed by atoms with Crippen LogP contribution in [0.4, 0.5) is 4.79 Å². The molecule has 2 N–H and O–H groups in total. The summed E-state index contributed by atoms with van der Waals surface area (Å²) >= 11 is 0. The van der Waals surface area contributed by atoms with Crippen LogP contribution in [0.3, 0.4) is 0 Å². The van der Waals surface area contributed by atoms with E-state index in [1.165, 1.54) is 0 Å². The Morgan fingerprint density at radius 2 is 2.07 bits per heavy atom. The minimum absolute atomic E-state index is 0.0942. The Kier molecular flexibility index (Phi) is 3.28. The first-order chi connectivity index (χ1) is 6.71. The van der Waals surface area contributed by atoms with Gasteiger partial charge in [-0.3, -0.25) is 0 Å². The molecule has 0 aromatic heterocycles. The van der Waals surface area contributed by atoms with Crippen molar-refractivity contribution in [2.24, 2.45) is 5.41 Å². The van der Waals surface area contributed by atoms with Gasteiger partial charge in [-0.25, -0.2) is 4.79 Å². The fraction of sp³-hybridized carbons (Fsp3) is 0.909. The Hall–Kier alpha value is -0.770. The predicted octanol–water partition coefficient (Wildman–Crippen LogP) is 1.51. The zero-order valence-electron chi connectivity index (χ0n) is 10.3. The molecule has 0 aliphatic carbocycles. The smallest absolute Gasteiger partial charge is 0.407 e. The molecule has 1 aliphatic rings. The number of carbonyl (C=O) groups excluding carboxylic acids is 1. The van der Waals surface area contributed by atoms with Crippen LogP contribution in [0, 0.1) is 5.41 Å². The Morgan fingerprint density at radius 1 is 1.47 bits per heavy atom. The van der Waals surface area contributed by atoms with Crippen LogP contribution in [-0.4, -0.2) is 30.8 Å². The fourth-order valence-electron chi connectivity index (χ4n) is 1.63. The van der Waals surface area contributed by atoms with Crippen LogP contribution in [0.15, 0.2) is 0 Å². The summed E-state index contributed by atoms with van der Waals surface area (Å²) in [5.41, 5.74) is -0.336. The average Bonchev–Trinajstić information content (AvgIpc) is 2.26. The molecule has 1 amide bonds. The molecule has 1 fully saturated rings. The summed E-state index contributed by atoms with van der Waals surface area (Å²) in [6.45, 7) is 11.6. The van der Waals surface area contributed by atoms with E-state index < -0.39 is 5.60 Å². The van der Waals surface area contributed by atoms with Crippen molar-refractivity contribution >= 4 is 6.09 Å². The van der Waals surface area contributed by atoms with Crippen LogP contribution in [0.5, 0.6) is 0 Å². The normalized spacial score (nSPS) is 25.0. The van der Waals surface area contributed by atoms with E-state index in [9.17, 15) is 4.79 Å². The monoisotopic (exact) mass is 214 g/mol. The summed E-state index contributed by atoms with van der Waals surface area (Å²) in [5.74, 6) is 0. The molecule has 4 heteroatoms. The molecule has 0 radical (unpaired) electrons. The van der Waals surface area contributed by atoms with Gasteiger partial charge in [0.15, 0.2) is 0 Å². The van der Waals surface area contributed by atoms with Gasteiger partial charge in [-0.05, 0) is 26.2 Å². The van der Waals surface area contributed by atoms with Gasteiger partial charge in [0, 0.05) is 13.1 Å². The minimum Gasteiger partial charge on any atom is -0.444 e. The van der Waals surface area contributed by atoms with Crippen molar-refractivity contribution in [3.63, 3.8) is 0 Å². The van der Waals surface area contributed by atoms with Crippen molar-refractivity contribution in [1.82, 2.24) is 10.6 Å². The molecule has 15 heavy (non-hydrogen) atoms. The second kappa shape index (κ2) is 4.00. The first kappa shape index (κ1) is 12.3. The lowest BCUT2D eigenvalue weighted by Crippen LogP contribution is -2.46. The minimum atomic E-state index is -0.430. The number of hydrogen-bond donors (Lipinski definition) is 2. The molecule has 0 aromatic rings. The predicted molar refractivity (Wildman–Crippen MR) is 59.8 cm³/mol. The van der Waals surface area contributed by atoms with Gasteiger partial charge in [-0.2, -0.15) is 0 Å². The highest BCUT2D eigenvalue weighted by Gasteiger charge is 2.36. The molecular formula is C11H22N2O2. The van der Waals surface area contributed by atoms with E-state index in [-0.39, 0.29) is 17.6 Å². The summed E-state index contributed by atoms with van der Waals surface area (Å²) in [4.78, 5) is 11.5. The maximum atomic E-state index is 11.5. The van der Waals surface area contributed by atoms with Gasteiger partial charge in [-0.15, -0.1) is 0 Å². The van der Waals surface area contributed by atoms with Crippen molar-refractivity contribution in [2.45, 2.75) is 46.3 Å². The Labute approximate surface area is 91.8 Å². The molecule has 0 aromatic carbocycles.